The van der Waals surface area contributed by atoms with Crippen molar-refractivity contribution in [3.8, 4) is 6.07 Å². The van der Waals surface area contributed by atoms with Gasteiger partial charge in [0.05, 0.1) is 6.42 Å². The van der Waals surface area contributed by atoms with Gasteiger partial charge in [-0.2, -0.15) is 10.2 Å². The van der Waals surface area contributed by atoms with Crippen LogP contribution in [-0.4, -0.2) is 15.3 Å². The molecular weight excluding hydrogens is 232 g/mol. The van der Waals surface area contributed by atoms with Gasteiger partial charge in [-0.15, -0.1) is 0 Å². The van der Waals surface area contributed by atoms with Crippen LogP contribution in [0.2, 0.25) is 0 Å². The number of rotatable bonds is 4. The highest BCUT2D eigenvalue weighted by atomic mass is 16.5. The quantitative estimate of drug-likeness (QED) is 0.822. The van der Waals surface area contributed by atoms with Crippen LogP contribution in [0.4, 0.5) is 0 Å². The van der Waals surface area contributed by atoms with E-state index in [-0.39, 0.29) is 5.92 Å². The molecule has 0 fully saturated rings. The SMILES string of the molecule is CCC(C)c1noc(Cc2noc(C)c2C#N)n1. The van der Waals surface area contributed by atoms with Gasteiger partial charge in [0.1, 0.15) is 17.3 Å². The summed E-state index contributed by atoms with van der Waals surface area (Å²) < 4.78 is 10.1. The van der Waals surface area contributed by atoms with Gasteiger partial charge in [-0.3, -0.25) is 0 Å². The molecule has 0 bridgehead atoms. The molecule has 6 heteroatoms. The lowest BCUT2D eigenvalue weighted by atomic mass is 10.1. The molecule has 0 amide bonds. The van der Waals surface area contributed by atoms with E-state index in [1.54, 1.807) is 6.92 Å². The second kappa shape index (κ2) is 5.00. The first-order valence-corrected chi connectivity index (χ1v) is 5.83. The molecule has 2 aromatic rings. The average Bonchev–Trinajstić information content (AvgIpc) is 2.96. The molecule has 1 atom stereocenters. The maximum atomic E-state index is 8.98. The van der Waals surface area contributed by atoms with E-state index in [1.165, 1.54) is 0 Å². The van der Waals surface area contributed by atoms with Crippen LogP contribution in [0.3, 0.4) is 0 Å². The van der Waals surface area contributed by atoms with Crippen molar-refractivity contribution in [2.75, 3.05) is 0 Å². The Labute approximate surface area is 105 Å². The maximum absolute atomic E-state index is 8.98. The number of nitriles is 1. The third kappa shape index (κ3) is 2.25. The summed E-state index contributed by atoms with van der Waals surface area (Å²) in [6.07, 6.45) is 1.27. The topological polar surface area (TPSA) is 88.7 Å². The van der Waals surface area contributed by atoms with Crippen LogP contribution >= 0.6 is 0 Å². The van der Waals surface area contributed by atoms with Crippen molar-refractivity contribution in [3.63, 3.8) is 0 Å². The molecule has 0 aliphatic heterocycles. The molecule has 0 aromatic carbocycles. The Balaban J connectivity index is 2.19. The summed E-state index contributed by atoms with van der Waals surface area (Å²) in [7, 11) is 0. The van der Waals surface area contributed by atoms with E-state index in [0.29, 0.717) is 35.2 Å². The summed E-state index contributed by atoms with van der Waals surface area (Å²) in [5.74, 6) is 1.91. The van der Waals surface area contributed by atoms with E-state index >= 15 is 0 Å². The minimum absolute atomic E-state index is 0.261. The van der Waals surface area contributed by atoms with Gasteiger partial charge in [-0.1, -0.05) is 24.2 Å². The summed E-state index contributed by atoms with van der Waals surface area (Å²) >= 11 is 0. The molecule has 0 N–H and O–H groups in total. The van der Waals surface area contributed by atoms with E-state index in [0.717, 1.165) is 6.42 Å². The van der Waals surface area contributed by atoms with Crippen molar-refractivity contribution in [1.82, 2.24) is 15.3 Å². The van der Waals surface area contributed by atoms with Crippen LogP contribution in [-0.2, 0) is 6.42 Å². The average molecular weight is 246 g/mol. The fraction of sp³-hybridized carbons (Fsp3) is 0.500. The van der Waals surface area contributed by atoms with Gasteiger partial charge in [-0.25, -0.2) is 0 Å². The summed E-state index contributed by atoms with van der Waals surface area (Å²) in [6.45, 7) is 5.80. The molecule has 1 unspecified atom stereocenters. The maximum Gasteiger partial charge on any atom is 0.232 e. The Hall–Kier alpha value is -2.16. The van der Waals surface area contributed by atoms with Gasteiger partial charge in [-0.05, 0) is 13.3 Å². The first kappa shape index (κ1) is 12.3. The standard InChI is InChI=1S/C12H14N4O2/c1-4-7(2)12-14-11(18-16-12)5-10-9(6-13)8(3)17-15-10/h7H,4-5H2,1-3H3. The number of nitrogens with zero attached hydrogens (tertiary/aromatic N) is 4. The van der Waals surface area contributed by atoms with Gasteiger partial charge < -0.3 is 9.05 Å². The molecular formula is C12H14N4O2. The third-order valence-electron chi connectivity index (χ3n) is 2.90. The minimum Gasteiger partial charge on any atom is -0.360 e. The molecule has 2 aromatic heterocycles. The lowest BCUT2D eigenvalue weighted by molar-refractivity contribution is 0.366. The van der Waals surface area contributed by atoms with E-state index in [9.17, 15) is 0 Å². The summed E-state index contributed by atoms with van der Waals surface area (Å²) in [5, 5.41) is 16.7. The number of aromatic nitrogens is 3. The minimum atomic E-state index is 0.261. The largest absolute Gasteiger partial charge is 0.360 e. The summed E-state index contributed by atoms with van der Waals surface area (Å²) in [5.41, 5.74) is 0.979. The normalized spacial score (nSPS) is 12.3. The van der Waals surface area contributed by atoms with Gasteiger partial charge in [0.2, 0.25) is 5.89 Å². The Morgan fingerprint density at radius 3 is 2.78 bits per heavy atom. The van der Waals surface area contributed by atoms with Crippen LogP contribution in [0.5, 0.6) is 0 Å². The van der Waals surface area contributed by atoms with Gasteiger partial charge in [0.25, 0.3) is 0 Å². The van der Waals surface area contributed by atoms with Crippen molar-refractivity contribution in [1.29, 1.82) is 5.26 Å². The molecule has 6 nitrogen and oxygen atoms in total. The molecule has 18 heavy (non-hydrogen) atoms. The van der Waals surface area contributed by atoms with Crippen molar-refractivity contribution in [2.24, 2.45) is 0 Å². The molecule has 2 rings (SSSR count). The van der Waals surface area contributed by atoms with Crippen LogP contribution < -0.4 is 0 Å². The smallest absolute Gasteiger partial charge is 0.232 e. The zero-order chi connectivity index (χ0) is 13.1. The molecule has 94 valence electrons. The van der Waals surface area contributed by atoms with E-state index < -0.39 is 0 Å². The molecule has 0 saturated heterocycles. The zero-order valence-corrected chi connectivity index (χ0v) is 10.6. The summed E-state index contributed by atoms with van der Waals surface area (Å²) in [6, 6.07) is 2.06. The number of hydrogen-bond donors (Lipinski definition) is 0. The Morgan fingerprint density at radius 2 is 2.11 bits per heavy atom. The molecule has 0 aliphatic rings. The second-order valence-corrected chi connectivity index (χ2v) is 4.20. The van der Waals surface area contributed by atoms with Gasteiger partial charge in [0.15, 0.2) is 11.6 Å². The van der Waals surface area contributed by atoms with Crippen LogP contribution in [0, 0.1) is 18.3 Å². The highest BCUT2D eigenvalue weighted by molar-refractivity contribution is 5.36. The highest BCUT2D eigenvalue weighted by Crippen LogP contribution is 2.18. The number of aryl methyl sites for hydroxylation is 1. The third-order valence-corrected chi connectivity index (χ3v) is 2.90. The highest BCUT2D eigenvalue weighted by Gasteiger charge is 2.17. The first-order valence-electron chi connectivity index (χ1n) is 5.83. The van der Waals surface area contributed by atoms with Gasteiger partial charge in [0, 0.05) is 5.92 Å². The van der Waals surface area contributed by atoms with E-state index in [1.807, 2.05) is 6.92 Å². The van der Waals surface area contributed by atoms with Crippen molar-refractivity contribution in [2.45, 2.75) is 39.5 Å². The molecule has 0 radical (unpaired) electrons. The Kier molecular flexibility index (Phi) is 3.42. The lowest BCUT2D eigenvalue weighted by Crippen LogP contribution is -1.96. The van der Waals surface area contributed by atoms with E-state index in [4.69, 9.17) is 14.3 Å². The van der Waals surface area contributed by atoms with Crippen molar-refractivity contribution >= 4 is 0 Å². The molecule has 0 saturated carbocycles. The van der Waals surface area contributed by atoms with Crippen LogP contribution in [0.1, 0.15) is 54.9 Å². The molecule has 2 heterocycles. The van der Waals surface area contributed by atoms with Crippen LogP contribution in [0.25, 0.3) is 0 Å². The summed E-state index contributed by atoms with van der Waals surface area (Å²) in [4.78, 5) is 4.29. The fourth-order valence-corrected chi connectivity index (χ4v) is 1.55. The van der Waals surface area contributed by atoms with Crippen LogP contribution in [0.15, 0.2) is 9.05 Å². The Bertz CT molecular complexity index is 579. The number of hydrogen-bond acceptors (Lipinski definition) is 6. The lowest BCUT2D eigenvalue weighted by Gasteiger charge is -1.98. The van der Waals surface area contributed by atoms with Crippen molar-refractivity contribution < 1.29 is 9.05 Å². The Morgan fingerprint density at radius 1 is 1.33 bits per heavy atom. The van der Waals surface area contributed by atoms with E-state index in [2.05, 4.69) is 28.3 Å². The molecule has 0 spiro atoms. The fourth-order valence-electron chi connectivity index (χ4n) is 1.55. The predicted octanol–water partition coefficient (Wildman–Crippen LogP) is 2.34. The zero-order valence-electron chi connectivity index (χ0n) is 10.6. The van der Waals surface area contributed by atoms with Crippen molar-refractivity contribution in [3.05, 3.63) is 28.7 Å². The first-order chi connectivity index (χ1) is 8.65. The monoisotopic (exact) mass is 246 g/mol. The predicted molar refractivity (Wildman–Crippen MR) is 61.8 cm³/mol. The van der Waals surface area contributed by atoms with Gasteiger partial charge >= 0.3 is 0 Å². The second-order valence-electron chi connectivity index (χ2n) is 4.20. The molecule has 0 aliphatic carbocycles.